The standard InChI is InChI=1S/C18H18N4S.C5H12.C4H11N.C3H7N.C3H8.C2H6/c1-10-5-7-14(8-6-10)17-16-11(2)12(3)23-18(16)22-13(4)20-21-15(22)9-19-17;1-4-5(2)3;1-4(2)3-5;1-3(2)4;1-3-2;1-2/h5-8H,9H2,1-4H3;5H,4H2,1-3H3;4H,3,5H2,1-2H3;1,4H2,2H3;3H2,1-2H3;1-2H3. The van der Waals surface area contributed by atoms with Crippen molar-refractivity contribution in [3.8, 4) is 5.00 Å². The van der Waals surface area contributed by atoms with Crippen molar-refractivity contribution < 1.29 is 0 Å². The van der Waals surface area contributed by atoms with Gasteiger partial charge in [0.2, 0.25) is 0 Å². The molecule has 3 heterocycles. The third-order valence-corrected chi connectivity index (χ3v) is 6.88. The minimum Gasteiger partial charge on any atom is -0.403 e. The molecule has 42 heavy (non-hydrogen) atoms. The number of aryl methyl sites for hydroxylation is 3. The summed E-state index contributed by atoms with van der Waals surface area (Å²) in [4.78, 5) is 6.21. The first-order valence-electron chi connectivity index (χ1n) is 15.5. The van der Waals surface area contributed by atoms with Crippen molar-refractivity contribution in [2.24, 2.45) is 28.3 Å². The van der Waals surface area contributed by atoms with Crippen LogP contribution in [0.3, 0.4) is 0 Å². The lowest BCUT2D eigenvalue weighted by molar-refractivity contribution is 0.626. The molecule has 0 bridgehead atoms. The van der Waals surface area contributed by atoms with Gasteiger partial charge in [0.25, 0.3) is 0 Å². The topological polar surface area (TPSA) is 95.1 Å². The van der Waals surface area contributed by atoms with Crippen molar-refractivity contribution in [2.75, 3.05) is 6.54 Å². The van der Waals surface area contributed by atoms with Gasteiger partial charge in [-0.25, -0.2) is 0 Å². The highest BCUT2D eigenvalue weighted by atomic mass is 32.1. The van der Waals surface area contributed by atoms with Crippen molar-refractivity contribution in [3.63, 3.8) is 0 Å². The van der Waals surface area contributed by atoms with E-state index >= 15 is 0 Å². The molecular formula is C35H62N6S. The van der Waals surface area contributed by atoms with E-state index in [1.807, 2.05) is 20.8 Å². The van der Waals surface area contributed by atoms with Crippen molar-refractivity contribution in [2.45, 2.75) is 116 Å². The molecule has 4 N–H and O–H groups in total. The predicted molar refractivity (Wildman–Crippen MR) is 189 cm³/mol. The second-order valence-electron chi connectivity index (χ2n) is 11.0. The lowest BCUT2D eigenvalue weighted by Crippen LogP contribution is -2.07. The van der Waals surface area contributed by atoms with Crippen LogP contribution in [0.5, 0.6) is 0 Å². The maximum Gasteiger partial charge on any atom is 0.160 e. The highest BCUT2D eigenvalue weighted by molar-refractivity contribution is 7.15. The van der Waals surface area contributed by atoms with Crippen LogP contribution in [0.25, 0.3) is 5.00 Å². The normalized spacial score (nSPS) is 10.7. The van der Waals surface area contributed by atoms with Crippen LogP contribution in [0, 0.1) is 39.5 Å². The van der Waals surface area contributed by atoms with Crippen LogP contribution in [-0.2, 0) is 6.54 Å². The van der Waals surface area contributed by atoms with Gasteiger partial charge in [-0.3, -0.25) is 9.56 Å². The number of benzene rings is 1. The number of nitrogens with two attached hydrogens (primary N) is 2. The van der Waals surface area contributed by atoms with E-state index in [4.69, 9.17) is 16.5 Å². The van der Waals surface area contributed by atoms with Crippen LogP contribution in [0.4, 0.5) is 0 Å². The molecule has 4 rings (SSSR count). The van der Waals surface area contributed by atoms with E-state index in [-0.39, 0.29) is 0 Å². The minimum absolute atomic E-state index is 0.559. The SMILES string of the molecule is C=C(C)N.CC.CC(C)CN.CCC.CCC(C)C.Cc1ccc(C2=NCc3nnc(C)n3-c3sc(C)c(C)c32)cc1. The molecule has 0 atom stereocenters. The first-order valence-corrected chi connectivity index (χ1v) is 16.3. The summed E-state index contributed by atoms with van der Waals surface area (Å²) >= 11 is 1.80. The zero-order chi connectivity index (χ0) is 33.0. The Labute approximate surface area is 262 Å². The van der Waals surface area contributed by atoms with Crippen molar-refractivity contribution >= 4 is 17.0 Å². The summed E-state index contributed by atoms with van der Waals surface area (Å²) in [6.45, 7) is 34.0. The number of aromatic nitrogens is 3. The molecule has 6 nitrogen and oxygen atoms in total. The molecule has 0 amide bonds. The smallest absolute Gasteiger partial charge is 0.160 e. The number of nitrogens with zero attached hydrogens (tertiary/aromatic N) is 4. The fourth-order valence-electron chi connectivity index (χ4n) is 2.99. The number of aliphatic imine (C=N–C) groups is 1. The summed E-state index contributed by atoms with van der Waals surface area (Å²) in [7, 11) is 0. The lowest BCUT2D eigenvalue weighted by atomic mass is 9.99. The van der Waals surface area contributed by atoms with Crippen LogP contribution in [-0.4, -0.2) is 27.0 Å². The Morgan fingerprint density at radius 3 is 1.81 bits per heavy atom. The van der Waals surface area contributed by atoms with Gasteiger partial charge >= 0.3 is 0 Å². The van der Waals surface area contributed by atoms with E-state index in [1.165, 1.54) is 39.4 Å². The average molecular weight is 599 g/mol. The van der Waals surface area contributed by atoms with Gasteiger partial charge in [-0.2, -0.15) is 0 Å². The van der Waals surface area contributed by atoms with E-state index in [2.05, 4.69) is 115 Å². The van der Waals surface area contributed by atoms with Crippen molar-refractivity contribution in [1.82, 2.24) is 14.8 Å². The molecule has 0 spiro atoms. The third kappa shape index (κ3) is 14.9. The maximum atomic E-state index is 5.17. The van der Waals surface area contributed by atoms with E-state index in [0.29, 0.717) is 18.2 Å². The summed E-state index contributed by atoms with van der Waals surface area (Å²) in [5, 5.41) is 9.74. The van der Waals surface area contributed by atoms with Gasteiger partial charge < -0.3 is 11.5 Å². The van der Waals surface area contributed by atoms with Gasteiger partial charge in [0.1, 0.15) is 17.4 Å². The molecular weight excluding hydrogens is 536 g/mol. The summed E-state index contributed by atoms with van der Waals surface area (Å²) in [6.07, 6.45) is 2.56. The molecule has 1 aromatic carbocycles. The van der Waals surface area contributed by atoms with Gasteiger partial charge in [0.05, 0.1) is 5.71 Å². The summed E-state index contributed by atoms with van der Waals surface area (Å²) in [5.41, 5.74) is 16.8. The van der Waals surface area contributed by atoms with Crippen molar-refractivity contribution in [3.05, 3.63) is 75.3 Å². The highest BCUT2D eigenvalue weighted by Crippen LogP contribution is 2.36. The Bertz CT molecular complexity index is 1160. The number of thiophene rings is 1. The van der Waals surface area contributed by atoms with Gasteiger partial charge in [-0.1, -0.05) is 112 Å². The quantitative estimate of drug-likeness (QED) is 0.314. The zero-order valence-electron chi connectivity index (χ0n) is 29.4. The van der Waals surface area contributed by atoms with E-state index in [0.717, 1.165) is 35.4 Å². The summed E-state index contributed by atoms with van der Waals surface area (Å²) in [5.74, 6) is 3.37. The number of hydrogen-bond donors (Lipinski definition) is 2. The van der Waals surface area contributed by atoms with Crippen LogP contribution in [0.1, 0.15) is 121 Å². The second-order valence-corrected chi connectivity index (χ2v) is 12.2. The van der Waals surface area contributed by atoms with Crippen LogP contribution in [0.2, 0.25) is 0 Å². The Morgan fingerprint density at radius 2 is 1.40 bits per heavy atom. The van der Waals surface area contributed by atoms with Crippen molar-refractivity contribution in [1.29, 1.82) is 0 Å². The van der Waals surface area contributed by atoms with Gasteiger partial charge in [0.15, 0.2) is 5.82 Å². The fourth-order valence-corrected chi connectivity index (χ4v) is 4.22. The molecule has 2 aromatic heterocycles. The van der Waals surface area contributed by atoms with Gasteiger partial charge in [-0.05, 0) is 64.3 Å². The largest absolute Gasteiger partial charge is 0.403 e. The number of allylic oxidation sites excluding steroid dienone is 1. The molecule has 7 heteroatoms. The Balaban J connectivity index is 0. The van der Waals surface area contributed by atoms with Crippen LogP contribution >= 0.6 is 11.3 Å². The zero-order valence-corrected chi connectivity index (χ0v) is 30.2. The Hall–Kier alpha value is -2.77. The third-order valence-electron chi connectivity index (χ3n) is 5.69. The number of rotatable bonds is 3. The molecule has 0 unspecified atom stereocenters. The molecule has 1 aliphatic heterocycles. The lowest BCUT2D eigenvalue weighted by Gasteiger charge is -2.09. The number of fused-ring (bicyclic) bond motifs is 3. The second kappa shape index (κ2) is 22.8. The molecule has 0 aliphatic carbocycles. The van der Waals surface area contributed by atoms with Crippen LogP contribution < -0.4 is 11.5 Å². The van der Waals surface area contributed by atoms with E-state index < -0.39 is 0 Å². The predicted octanol–water partition coefficient (Wildman–Crippen LogP) is 9.49. The van der Waals surface area contributed by atoms with Gasteiger partial charge in [0, 0.05) is 16.0 Å². The first kappa shape index (κ1) is 41.4. The maximum absolute atomic E-state index is 5.17. The minimum atomic E-state index is 0.559. The molecule has 1 aliphatic rings. The summed E-state index contributed by atoms with van der Waals surface area (Å²) < 4.78 is 2.16. The van der Waals surface area contributed by atoms with E-state index in [9.17, 15) is 0 Å². The highest BCUT2D eigenvalue weighted by Gasteiger charge is 2.26. The molecule has 3 aromatic rings. The fraction of sp³-hybridized carbons (Fsp3) is 0.571. The molecule has 0 fully saturated rings. The first-order chi connectivity index (χ1) is 19.7. The average Bonchev–Trinajstić information content (AvgIpc) is 3.39. The molecule has 0 saturated heterocycles. The number of hydrogen-bond acceptors (Lipinski definition) is 6. The molecule has 238 valence electrons. The molecule has 0 radical (unpaired) electrons. The Morgan fingerprint density at radius 1 is 0.952 bits per heavy atom. The van der Waals surface area contributed by atoms with E-state index in [1.54, 1.807) is 18.3 Å². The summed E-state index contributed by atoms with van der Waals surface area (Å²) in [6, 6.07) is 8.60. The van der Waals surface area contributed by atoms with Gasteiger partial charge in [-0.15, -0.1) is 21.5 Å². The monoisotopic (exact) mass is 598 g/mol. The Kier molecular flexibility index (Phi) is 22.4. The van der Waals surface area contributed by atoms with Crippen LogP contribution in [0.15, 0.2) is 41.5 Å². The molecule has 0 saturated carbocycles.